The van der Waals surface area contributed by atoms with Gasteiger partial charge in [-0.05, 0) is 30.3 Å². The van der Waals surface area contributed by atoms with Gasteiger partial charge in [-0.15, -0.1) is 0 Å². The molecular formula is C21H21ClN4O2. The molecule has 1 fully saturated rings. The number of hydrogen-bond acceptors (Lipinski definition) is 4. The Labute approximate surface area is 168 Å². The van der Waals surface area contributed by atoms with Crippen molar-refractivity contribution in [1.29, 1.82) is 0 Å². The molecule has 6 nitrogen and oxygen atoms in total. The lowest BCUT2D eigenvalue weighted by Gasteiger charge is -2.36. The molecule has 3 aromatic rings. The lowest BCUT2D eigenvalue weighted by atomic mass is 10.2. The number of amides is 1. The summed E-state index contributed by atoms with van der Waals surface area (Å²) < 4.78 is 1.52. The number of piperazine rings is 1. The van der Waals surface area contributed by atoms with Gasteiger partial charge in [-0.25, -0.2) is 4.98 Å². The van der Waals surface area contributed by atoms with Crippen molar-refractivity contribution in [2.45, 2.75) is 13.0 Å². The molecule has 1 saturated heterocycles. The second-order valence-corrected chi connectivity index (χ2v) is 7.29. The van der Waals surface area contributed by atoms with Crippen LogP contribution in [-0.2, 0) is 11.3 Å². The van der Waals surface area contributed by atoms with E-state index in [-0.39, 0.29) is 17.9 Å². The highest BCUT2D eigenvalue weighted by atomic mass is 35.5. The molecule has 2 aromatic carbocycles. The largest absolute Gasteiger partial charge is 0.368 e. The van der Waals surface area contributed by atoms with Gasteiger partial charge in [0, 0.05) is 49.9 Å². The highest BCUT2D eigenvalue weighted by molar-refractivity contribution is 6.30. The summed E-state index contributed by atoms with van der Waals surface area (Å²) in [7, 11) is 0. The number of hydrogen-bond donors (Lipinski definition) is 0. The minimum Gasteiger partial charge on any atom is -0.368 e. The van der Waals surface area contributed by atoms with Gasteiger partial charge in [0.25, 0.3) is 5.56 Å². The molecule has 0 atom stereocenters. The number of para-hydroxylation sites is 1. The topological polar surface area (TPSA) is 58.4 Å². The van der Waals surface area contributed by atoms with Gasteiger partial charge in [0.05, 0.1) is 17.2 Å². The molecule has 1 aliphatic heterocycles. The Bertz CT molecular complexity index is 1060. The van der Waals surface area contributed by atoms with Crippen molar-refractivity contribution in [2.24, 2.45) is 0 Å². The van der Waals surface area contributed by atoms with E-state index in [0.717, 1.165) is 18.8 Å². The summed E-state index contributed by atoms with van der Waals surface area (Å²) in [4.78, 5) is 33.5. The predicted molar refractivity (Wildman–Crippen MR) is 111 cm³/mol. The third-order valence-corrected chi connectivity index (χ3v) is 5.34. The zero-order valence-electron chi connectivity index (χ0n) is 15.4. The van der Waals surface area contributed by atoms with Crippen molar-refractivity contribution in [2.75, 3.05) is 31.1 Å². The van der Waals surface area contributed by atoms with E-state index in [1.165, 1.54) is 10.9 Å². The fourth-order valence-electron chi connectivity index (χ4n) is 3.53. The van der Waals surface area contributed by atoms with Crippen LogP contribution in [0.1, 0.15) is 6.42 Å². The van der Waals surface area contributed by atoms with Gasteiger partial charge in [-0.2, -0.15) is 0 Å². The minimum absolute atomic E-state index is 0.0609. The summed E-state index contributed by atoms with van der Waals surface area (Å²) in [5.41, 5.74) is 1.64. The lowest BCUT2D eigenvalue weighted by molar-refractivity contribution is -0.131. The van der Waals surface area contributed by atoms with Crippen molar-refractivity contribution in [1.82, 2.24) is 14.5 Å². The first kappa shape index (κ1) is 18.5. The van der Waals surface area contributed by atoms with E-state index in [4.69, 9.17) is 11.6 Å². The normalized spacial score (nSPS) is 14.5. The molecule has 2 heterocycles. The fraction of sp³-hybridized carbons (Fsp3) is 0.286. The fourth-order valence-corrected chi connectivity index (χ4v) is 3.71. The van der Waals surface area contributed by atoms with E-state index in [2.05, 4.69) is 9.88 Å². The quantitative estimate of drug-likeness (QED) is 0.680. The van der Waals surface area contributed by atoms with Crippen molar-refractivity contribution in [3.63, 3.8) is 0 Å². The Morgan fingerprint density at radius 3 is 2.61 bits per heavy atom. The van der Waals surface area contributed by atoms with Gasteiger partial charge < -0.3 is 9.80 Å². The Hall–Kier alpha value is -2.86. The van der Waals surface area contributed by atoms with Crippen LogP contribution in [0.2, 0.25) is 5.02 Å². The number of halogens is 1. The molecule has 0 aliphatic carbocycles. The van der Waals surface area contributed by atoms with Crippen molar-refractivity contribution >= 4 is 34.1 Å². The van der Waals surface area contributed by atoms with Crippen LogP contribution in [0.15, 0.2) is 59.7 Å². The smallest absolute Gasteiger partial charge is 0.261 e. The molecule has 0 saturated carbocycles. The summed E-state index contributed by atoms with van der Waals surface area (Å²) in [6.07, 6.45) is 1.81. The SMILES string of the molecule is O=C(CCn1cnc2ccccc2c1=O)N1CCN(c2cccc(Cl)c2)CC1. The number of carbonyl (C=O) groups excluding carboxylic acids is 1. The Balaban J connectivity index is 1.35. The molecule has 0 spiro atoms. The number of rotatable bonds is 4. The zero-order chi connectivity index (χ0) is 19.5. The maximum absolute atomic E-state index is 12.6. The van der Waals surface area contributed by atoms with E-state index in [1.807, 2.05) is 47.4 Å². The molecule has 4 rings (SSSR count). The van der Waals surface area contributed by atoms with Crippen molar-refractivity contribution in [3.05, 3.63) is 70.2 Å². The average Bonchev–Trinajstić information content (AvgIpc) is 2.73. The van der Waals surface area contributed by atoms with Crippen LogP contribution in [-0.4, -0.2) is 46.5 Å². The third-order valence-electron chi connectivity index (χ3n) is 5.10. The second-order valence-electron chi connectivity index (χ2n) is 6.86. The molecule has 28 heavy (non-hydrogen) atoms. The Kier molecular flexibility index (Phi) is 5.30. The van der Waals surface area contributed by atoms with Gasteiger partial charge in [-0.1, -0.05) is 29.8 Å². The summed E-state index contributed by atoms with van der Waals surface area (Å²) >= 11 is 6.07. The zero-order valence-corrected chi connectivity index (χ0v) is 16.2. The molecule has 144 valence electrons. The van der Waals surface area contributed by atoms with Crippen LogP contribution in [0.5, 0.6) is 0 Å². The van der Waals surface area contributed by atoms with Crippen LogP contribution in [0.4, 0.5) is 5.69 Å². The van der Waals surface area contributed by atoms with Crippen LogP contribution >= 0.6 is 11.6 Å². The number of fused-ring (bicyclic) bond motifs is 1. The monoisotopic (exact) mass is 396 g/mol. The third kappa shape index (κ3) is 3.87. The predicted octanol–water partition coefficient (Wildman–Crippen LogP) is 2.79. The minimum atomic E-state index is -0.107. The second kappa shape index (κ2) is 8.02. The summed E-state index contributed by atoms with van der Waals surface area (Å²) in [6, 6.07) is 15.0. The average molecular weight is 397 g/mol. The van der Waals surface area contributed by atoms with E-state index < -0.39 is 0 Å². The van der Waals surface area contributed by atoms with Gasteiger partial charge in [0.1, 0.15) is 0 Å². The molecular weight excluding hydrogens is 376 g/mol. The highest BCUT2D eigenvalue weighted by Crippen LogP contribution is 2.21. The van der Waals surface area contributed by atoms with Crippen molar-refractivity contribution < 1.29 is 4.79 Å². The van der Waals surface area contributed by atoms with Crippen molar-refractivity contribution in [3.8, 4) is 0 Å². The molecule has 0 unspecified atom stereocenters. The first-order valence-electron chi connectivity index (χ1n) is 9.34. The first-order valence-corrected chi connectivity index (χ1v) is 9.72. The van der Waals surface area contributed by atoms with E-state index >= 15 is 0 Å². The van der Waals surface area contributed by atoms with Gasteiger partial charge in [-0.3, -0.25) is 14.2 Å². The van der Waals surface area contributed by atoms with Crippen LogP contribution in [0.25, 0.3) is 10.9 Å². The molecule has 1 aromatic heterocycles. The van der Waals surface area contributed by atoms with Gasteiger partial charge >= 0.3 is 0 Å². The summed E-state index contributed by atoms with van der Waals surface area (Å²) in [6.45, 7) is 3.20. The number of aryl methyl sites for hydroxylation is 1. The number of benzene rings is 2. The molecule has 7 heteroatoms. The lowest BCUT2D eigenvalue weighted by Crippen LogP contribution is -2.49. The van der Waals surface area contributed by atoms with Gasteiger partial charge in [0.2, 0.25) is 5.91 Å². The first-order chi connectivity index (χ1) is 13.6. The molecule has 0 radical (unpaired) electrons. The maximum atomic E-state index is 12.6. The van der Waals surface area contributed by atoms with E-state index in [9.17, 15) is 9.59 Å². The summed E-state index contributed by atoms with van der Waals surface area (Å²) in [5.74, 6) is 0.0609. The van der Waals surface area contributed by atoms with Gasteiger partial charge in [0.15, 0.2) is 0 Å². The highest BCUT2D eigenvalue weighted by Gasteiger charge is 2.21. The maximum Gasteiger partial charge on any atom is 0.261 e. The molecule has 0 bridgehead atoms. The van der Waals surface area contributed by atoms with Crippen LogP contribution in [0, 0.1) is 0 Å². The van der Waals surface area contributed by atoms with Crippen LogP contribution < -0.4 is 10.5 Å². The standard InChI is InChI=1S/C21H21ClN4O2/c22-16-4-3-5-17(14-16)24-10-12-25(13-11-24)20(27)8-9-26-15-23-19-7-2-1-6-18(19)21(26)28/h1-7,14-15H,8-13H2. The molecule has 0 N–H and O–H groups in total. The summed E-state index contributed by atoms with van der Waals surface area (Å²) in [5, 5.41) is 1.29. The Morgan fingerprint density at radius 2 is 1.82 bits per heavy atom. The van der Waals surface area contributed by atoms with Crippen LogP contribution in [0.3, 0.4) is 0 Å². The van der Waals surface area contributed by atoms with E-state index in [0.29, 0.717) is 35.6 Å². The number of anilines is 1. The number of aromatic nitrogens is 2. The molecule has 1 aliphatic rings. The molecule has 1 amide bonds. The number of carbonyl (C=O) groups is 1. The number of nitrogens with zero attached hydrogens (tertiary/aromatic N) is 4. The van der Waals surface area contributed by atoms with E-state index in [1.54, 1.807) is 6.07 Å². The Morgan fingerprint density at radius 1 is 1.04 bits per heavy atom.